The lowest BCUT2D eigenvalue weighted by atomic mass is 10.3. The third-order valence-electron chi connectivity index (χ3n) is 4.71. The maximum Gasteiger partial charge on any atom is 0.317 e. The van der Waals surface area contributed by atoms with Gasteiger partial charge in [0, 0.05) is 50.0 Å². The number of carbonyl (C=O) groups is 1. The van der Waals surface area contributed by atoms with Crippen LogP contribution in [0.5, 0.6) is 0 Å². The van der Waals surface area contributed by atoms with E-state index in [1.54, 1.807) is 11.3 Å². The van der Waals surface area contributed by atoms with Crippen molar-refractivity contribution in [1.82, 2.24) is 24.5 Å². The van der Waals surface area contributed by atoms with Crippen molar-refractivity contribution in [3.8, 4) is 0 Å². The van der Waals surface area contributed by atoms with Gasteiger partial charge in [0.05, 0.1) is 12.2 Å². The number of nitrogens with zero attached hydrogens (tertiary/aromatic N) is 4. The van der Waals surface area contributed by atoms with Gasteiger partial charge in [0.2, 0.25) is 0 Å². The SMILES string of the molecule is Cc1ccn2cc(CNC(=O)N3CCN(Cc4cccs4)CC3)nc2c1. The van der Waals surface area contributed by atoms with E-state index in [1.807, 2.05) is 40.8 Å². The number of carbonyl (C=O) groups excluding carboxylic acids is 1. The molecule has 1 aliphatic heterocycles. The highest BCUT2D eigenvalue weighted by Crippen LogP contribution is 2.13. The number of nitrogens with one attached hydrogen (secondary N) is 1. The van der Waals surface area contributed by atoms with Crippen LogP contribution in [-0.2, 0) is 13.1 Å². The molecule has 0 aliphatic carbocycles. The number of hydrogen-bond acceptors (Lipinski definition) is 4. The van der Waals surface area contributed by atoms with Crippen molar-refractivity contribution in [3.63, 3.8) is 0 Å². The highest BCUT2D eigenvalue weighted by molar-refractivity contribution is 7.09. The molecule has 0 unspecified atom stereocenters. The minimum Gasteiger partial charge on any atom is -0.332 e. The lowest BCUT2D eigenvalue weighted by Crippen LogP contribution is -2.51. The molecule has 0 atom stereocenters. The topological polar surface area (TPSA) is 52.9 Å². The summed E-state index contributed by atoms with van der Waals surface area (Å²) in [6, 6.07) is 8.34. The number of imidazole rings is 1. The second-order valence-electron chi connectivity index (χ2n) is 6.70. The summed E-state index contributed by atoms with van der Waals surface area (Å²) in [5, 5.41) is 5.11. The molecule has 7 heteroatoms. The quantitative estimate of drug-likeness (QED) is 0.769. The molecular formula is C19H23N5OS. The summed E-state index contributed by atoms with van der Waals surface area (Å²) in [5.41, 5.74) is 2.97. The molecule has 26 heavy (non-hydrogen) atoms. The van der Waals surface area contributed by atoms with Crippen LogP contribution in [0, 0.1) is 6.92 Å². The average molecular weight is 369 g/mol. The van der Waals surface area contributed by atoms with Gasteiger partial charge >= 0.3 is 6.03 Å². The summed E-state index contributed by atoms with van der Waals surface area (Å²) < 4.78 is 1.98. The van der Waals surface area contributed by atoms with Gasteiger partial charge in [-0.05, 0) is 36.1 Å². The van der Waals surface area contributed by atoms with Gasteiger partial charge < -0.3 is 14.6 Å². The summed E-state index contributed by atoms with van der Waals surface area (Å²) >= 11 is 1.79. The lowest BCUT2D eigenvalue weighted by Gasteiger charge is -2.34. The van der Waals surface area contributed by atoms with E-state index in [4.69, 9.17) is 0 Å². The van der Waals surface area contributed by atoms with Crippen LogP contribution < -0.4 is 5.32 Å². The van der Waals surface area contributed by atoms with Crippen molar-refractivity contribution < 1.29 is 4.79 Å². The van der Waals surface area contributed by atoms with Gasteiger partial charge in [-0.15, -0.1) is 11.3 Å². The fraction of sp³-hybridized carbons (Fsp3) is 0.368. The highest BCUT2D eigenvalue weighted by atomic mass is 32.1. The van der Waals surface area contributed by atoms with Crippen molar-refractivity contribution in [2.75, 3.05) is 26.2 Å². The maximum atomic E-state index is 12.4. The molecule has 1 saturated heterocycles. The monoisotopic (exact) mass is 369 g/mol. The number of amides is 2. The van der Waals surface area contributed by atoms with Crippen molar-refractivity contribution in [2.24, 2.45) is 0 Å². The number of thiophene rings is 1. The van der Waals surface area contributed by atoms with Gasteiger partial charge in [-0.1, -0.05) is 6.07 Å². The Morgan fingerprint density at radius 3 is 2.88 bits per heavy atom. The van der Waals surface area contributed by atoms with Crippen LogP contribution in [0.25, 0.3) is 5.65 Å². The molecule has 3 aromatic rings. The summed E-state index contributed by atoms with van der Waals surface area (Å²) in [6.07, 6.45) is 3.96. The zero-order valence-electron chi connectivity index (χ0n) is 14.9. The molecule has 1 N–H and O–H groups in total. The predicted molar refractivity (Wildman–Crippen MR) is 103 cm³/mol. The summed E-state index contributed by atoms with van der Waals surface area (Å²) in [7, 11) is 0. The van der Waals surface area contributed by atoms with Gasteiger partial charge in [0.15, 0.2) is 0 Å². The number of hydrogen-bond donors (Lipinski definition) is 1. The summed E-state index contributed by atoms with van der Waals surface area (Å²) in [6.45, 7) is 6.85. The molecule has 1 aliphatic rings. The molecule has 0 spiro atoms. The third kappa shape index (κ3) is 3.89. The normalized spacial score (nSPS) is 15.5. The largest absolute Gasteiger partial charge is 0.332 e. The van der Waals surface area contributed by atoms with Gasteiger partial charge in [-0.25, -0.2) is 9.78 Å². The van der Waals surface area contributed by atoms with Crippen LogP contribution in [0.4, 0.5) is 4.79 Å². The fourth-order valence-corrected chi connectivity index (χ4v) is 3.98. The van der Waals surface area contributed by atoms with Crippen LogP contribution in [0.3, 0.4) is 0 Å². The Balaban J connectivity index is 1.27. The molecule has 0 saturated carbocycles. The van der Waals surface area contributed by atoms with E-state index in [0.717, 1.165) is 44.1 Å². The molecule has 6 nitrogen and oxygen atoms in total. The highest BCUT2D eigenvalue weighted by Gasteiger charge is 2.21. The van der Waals surface area contributed by atoms with E-state index in [9.17, 15) is 4.79 Å². The number of aromatic nitrogens is 2. The Hall–Kier alpha value is -2.38. The van der Waals surface area contributed by atoms with E-state index in [0.29, 0.717) is 6.54 Å². The predicted octanol–water partition coefficient (Wildman–Crippen LogP) is 2.73. The second kappa shape index (κ2) is 7.47. The average Bonchev–Trinajstić information content (AvgIpc) is 3.29. The molecule has 4 heterocycles. The zero-order chi connectivity index (χ0) is 17.9. The number of fused-ring (bicyclic) bond motifs is 1. The minimum absolute atomic E-state index is 0.00555. The maximum absolute atomic E-state index is 12.4. The molecule has 3 aromatic heterocycles. The molecule has 0 aromatic carbocycles. The Morgan fingerprint density at radius 2 is 2.12 bits per heavy atom. The second-order valence-corrected chi connectivity index (χ2v) is 7.74. The Labute approximate surface area is 157 Å². The van der Waals surface area contributed by atoms with E-state index >= 15 is 0 Å². The van der Waals surface area contributed by atoms with Crippen molar-refractivity contribution in [3.05, 3.63) is 58.2 Å². The fourth-order valence-electron chi connectivity index (χ4n) is 3.23. The molecular weight excluding hydrogens is 346 g/mol. The number of piperazine rings is 1. The van der Waals surface area contributed by atoms with E-state index in [1.165, 1.54) is 10.4 Å². The molecule has 1 fully saturated rings. The van der Waals surface area contributed by atoms with Gasteiger partial charge in [-0.2, -0.15) is 0 Å². The van der Waals surface area contributed by atoms with Gasteiger partial charge in [0.25, 0.3) is 0 Å². The Morgan fingerprint density at radius 1 is 1.27 bits per heavy atom. The molecule has 0 bridgehead atoms. The first-order valence-corrected chi connectivity index (χ1v) is 9.77. The number of urea groups is 1. The van der Waals surface area contributed by atoms with Crippen LogP contribution in [-0.4, -0.2) is 51.4 Å². The van der Waals surface area contributed by atoms with Crippen molar-refractivity contribution in [2.45, 2.75) is 20.0 Å². The first kappa shape index (κ1) is 17.1. The zero-order valence-corrected chi connectivity index (χ0v) is 15.7. The van der Waals surface area contributed by atoms with E-state index in [2.05, 4.69) is 32.7 Å². The van der Waals surface area contributed by atoms with E-state index < -0.39 is 0 Å². The first-order chi connectivity index (χ1) is 12.7. The van der Waals surface area contributed by atoms with Gasteiger partial charge in [-0.3, -0.25) is 4.90 Å². The van der Waals surface area contributed by atoms with Crippen molar-refractivity contribution >= 4 is 23.0 Å². The molecule has 4 rings (SSSR count). The Kier molecular flexibility index (Phi) is 4.90. The molecule has 2 amide bonds. The number of rotatable bonds is 4. The summed E-state index contributed by atoms with van der Waals surface area (Å²) in [5.74, 6) is 0. The van der Waals surface area contributed by atoms with E-state index in [-0.39, 0.29) is 6.03 Å². The minimum atomic E-state index is -0.00555. The van der Waals surface area contributed by atoms with Gasteiger partial charge in [0.1, 0.15) is 5.65 Å². The number of aryl methyl sites for hydroxylation is 1. The van der Waals surface area contributed by atoms with Crippen LogP contribution in [0.1, 0.15) is 16.1 Å². The summed E-state index contributed by atoms with van der Waals surface area (Å²) in [4.78, 5) is 22.7. The standard InChI is InChI=1S/C19H23N5OS/c1-15-4-5-24-13-16(21-18(24)11-15)12-20-19(25)23-8-6-22(7-9-23)14-17-3-2-10-26-17/h2-5,10-11,13H,6-9,12,14H2,1H3,(H,20,25). The molecule has 0 radical (unpaired) electrons. The first-order valence-electron chi connectivity index (χ1n) is 8.89. The van der Waals surface area contributed by atoms with Crippen LogP contribution in [0.15, 0.2) is 42.0 Å². The third-order valence-corrected chi connectivity index (χ3v) is 5.57. The van der Waals surface area contributed by atoms with Crippen molar-refractivity contribution in [1.29, 1.82) is 0 Å². The Bertz CT molecular complexity index is 881. The van der Waals surface area contributed by atoms with Crippen LogP contribution in [0.2, 0.25) is 0 Å². The lowest BCUT2D eigenvalue weighted by molar-refractivity contribution is 0.135. The smallest absolute Gasteiger partial charge is 0.317 e. The number of pyridine rings is 1. The molecule has 136 valence electrons. The van der Waals surface area contributed by atoms with Crippen LogP contribution >= 0.6 is 11.3 Å².